The maximum atomic E-state index is 13.0. The Bertz CT molecular complexity index is 1350. The normalized spacial score (nSPS) is 13.4. The van der Waals surface area contributed by atoms with Gasteiger partial charge in [0.2, 0.25) is 0 Å². The van der Waals surface area contributed by atoms with Crippen LogP contribution >= 0.6 is 22.9 Å². The van der Waals surface area contributed by atoms with Gasteiger partial charge >= 0.3 is 5.97 Å². The number of nitrogens with one attached hydrogen (secondary N) is 2. The van der Waals surface area contributed by atoms with E-state index in [1.54, 1.807) is 56.3 Å². The molecule has 10 heteroatoms. The van der Waals surface area contributed by atoms with Crippen LogP contribution in [0, 0.1) is 0 Å². The summed E-state index contributed by atoms with van der Waals surface area (Å²) in [5.41, 5.74) is 4.95. The zero-order valence-corrected chi connectivity index (χ0v) is 22.7. The van der Waals surface area contributed by atoms with Gasteiger partial charge in [-0.2, -0.15) is 5.10 Å². The number of aryl methyl sites for hydroxylation is 1. The van der Waals surface area contributed by atoms with Crippen LogP contribution in [-0.2, 0) is 22.4 Å². The number of halogens is 1. The van der Waals surface area contributed by atoms with E-state index in [1.165, 1.54) is 17.6 Å². The van der Waals surface area contributed by atoms with Crippen LogP contribution in [0.3, 0.4) is 0 Å². The van der Waals surface area contributed by atoms with E-state index in [-0.39, 0.29) is 12.5 Å². The number of esters is 1. The van der Waals surface area contributed by atoms with Crippen LogP contribution < -0.4 is 15.5 Å². The second-order valence-electron chi connectivity index (χ2n) is 8.63. The molecule has 4 rings (SSSR count). The molecular formula is C28H28ClN3O5S. The fourth-order valence-electron chi connectivity index (χ4n) is 4.03. The summed E-state index contributed by atoms with van der Waals surface area (Å²) in [6.07, 6.45) is 4.40. The number of hydrazone groups is 1. The molecule has 198 valence electrons. The first kappa shape index (κ1) is 27.3. The van der Waals surface area contributed by atoms with Crippen molar-refractivity contribution >= 4 is 51.9 Å². The fourth-order valence-corrected chi connectivity index (χ4v) is 5.48. The molecule has 1 unspecified atom stereocenters. The summed E-state index contributed by atoms with van der Waals surface area (Å²) in [6, 6.07) is 13.5. The topological polar surface area (TPSA) is 106 Å². The van der Waals surface area contributed by atoms with Crippen molar-refractivity contribution < 1.29 is 23.9 Å². The third-order valence-electron chi connectivity index (χ3n) is 5.96. The Morgan fingerprint density at radius 3 is 2.58 bits per heavy atom. The van der Waals surface area contributed by atoms with Crippen molar-refractivity contribution in [2.24, 2.45) is 5.10 Å². The molecule has 3 aromatic rings. The largest absolute Gasteiger partial charge is 0.481 e. The van der Waals surface area contributed by atoms with E-state index in [0.717, 1.165) is 36.1 Å². The van der Waals surface area contributed by atoms with Crippen molar-refractivity contribution in [3.63, 3.8) is 0 Å². The number of anilines is 1. The molecule has 0 bridgehead atoms. The van der Waals surface area contributed by atoms with Crippen LogP contribution in [0.5, 0.6) is 5.75 Å². The second kappa shape index (κ2) is 12.7. The molecule has 38 heavy (non-hydrogen) atoms. The van der Waals surface area contributed by atoms with Crippen molar-refractivity contribution in [3.8, 4) is 5.75 Å². The standard InChI is InChI=1S/C28H28ClN3O5S/c1-3-36-28(35)24-21-9-5-7-11-23(21)38-27(24)31-26(34)18-12-14-20(15-13-18)37-17(2)25(33)32-30-16-19-8-4-6-10-22(19)29/h4,6,8,10,12-17H,3,5,7,9,11H2,1-2H3,(H,31,34)(H,32,33). The molecule has 0 aliphatic heterocycles. The second-order valence-corrected chi connectivity index (χ2v) is 10.1. The van der Waals surface area contributed by atoms with Crippen molar-refractivity contribution in [2.75, 3.05) is 11.9 Å². The van der Waals surface area contributed by atoms with E-state index in [0.29, 0.717) is 32.5 Å². The first-order chi connectivity index (χ1) is 18.4. The lowest BCUT2D eigenvalue weighted by Gasteiger charge is -2.13. The summed E-state index contributed by atoms with van der Waals surface area (Å²) in [4.78, 5) is 39.1. The van der Waals surface area contributed by atoms with Gasteiger partial charge in [-0.3, -0.25) is 9.59 Å². The first-order valence-corrected chi connectivity index (χ1v) is 13.5. The zero-order valence-electron chi connectivity index (χ0n) is 21.1. The molecule has 0 radical (unpaired) electrons. The van der Waals surface area contributed by atoms with Crippen LogP contribution in [0.15, 0.2) is 53.6 Å². The minimum atomic E-state index is -0.831. The van der Waals surface area contributed by atoms with Gasteiger partial charge in [-0.1, -0.05) is 29.8 Å². The van der Waals surface area contributed by atoms with Gasteiger partial charge in [0.15, 0.2) is 6.10 Å². The fraction of sp³-hybridized carbons (Fsp3) is 0.286. The molecule has 1 aliphatic rings. The molecule has 1 aromatic heterocycles. The number of rotatable bonds is 9. The Balaban J connectivity index is 1.37. The van der Waals surface area contributed by atoms with E-state index >= 15 is 0 Å². The molecular weight excluding hydrogens is 526 g/mol. The average Bonchev–Trinajstić information content (AvgIpc) is 3.28. The van der Waals surface area contributed by atoms with Gasteiger partial charge in [0.05, 0.1) is 18.4 Å². The number of carbonyl (C=O) groups is 3. The summed E-state index contributed by atoms with van der Waals surface area (Å²) < 4.78 is 10.9. The predicted octanol–water partition coefficient (Wildman–Crippen LogP) is 5.63. The number of ether oxygens (including phenoxy) is 2. The first-order valence-electron chi connectivity index (χ1n) is 12.3. The lowest BCUT2D eigenvalue weighted by atomic mass is 9.95. The Labute approximate surface area is 230 Å². The highest BCUT2D eigenvalue weighted by atomic mass is 35.5. The van der Waals surface area contributed by atoms with Gasteiger partial charge in [0.1, 0.15) is 10.8 Å². The summed E-state index contributed by atoms with van der Waals surface area (Å²) in [6.45, 7) is 3.62. The van der Waals surface area contributed by atoms with E-state index in [1.807, 2.05) is 6.07 Å². The quantitative estimate of drug-likeness (QED) is 0.203. The highest BCUT2D eigenvalue weighted by Gasteiger charge is 2.27. The molecule has 2 amide bonds. The van der Waals surface area contributed by atoms with Crippen molar-refractivity contribution in [1.82, 2.24) is 5.43 Å². The molecule has 1 heterocycles. The Kier molecular flexibility index (Phi) is 9.15. The zero-order chi connectivity index (χ0) is 27.1. The number of hydrogen-bond donors (Lipinski definition) is 2. The van der Waals surface area contributed by atoms with Crippen LogP contribution in [0.1, 0.15) is 63.4 Å². The van der Waals surface area contributed by atoms with E-state index in [9.17, 15) is 14.4 Å². The molecule has 0 fully saturated rings. The lowest BCUT2D eigenvalue weighted by molar-refractivity contribution is -0.127. The number of fused-ring (bicyclic) bond motifs is 1. The van der Waals surface area contributed by atoms with Crippen molar-refractivity contribution in [3.05, 3.63) is 80.7 Å². The summed E-state index contributed by atoms with van der Waals surface area (Å²) in [7, 11) is 0. The number of amides is 2. The third kappa shape index (κ3) is 6.59. The van der Waals surface area contributed by atoms with Crippen molar-refractivity contribution in [1.29, 1.82) is 0 Å². The molecule has 0 saturated heterocycles. The van der Waals surface area contributed by atoms with Crippen LogP contribution in [0.25, 0.3) is 0 Å². The molecule has 2 N–H and O–H groups in total. The van der Waals surface area contributed by atoms with Crippen molar-refractivity contribution in [2.45, 2.75) is 45.6 Å². The van der Waals surface area contributed by atoms with Gasteiger partial charge in [-0.15, -0.1) is 11.3 Å². The molecule has 8 nitrogen and oxygen atoms in total. The molecule has 1 atom stereocenters. The number of carbonyl (C=O) groups excluding carboxylic acids is 3. The minimum absolute atomic E-state index is 0.266. The van der Waals surface area contributed by atoms with E-state index in [2.05, 4.69) is 15.8 Å². The van der Waals surface area contributed by atoms with Gasteiger partial charge in [-0.25, -0.2) is 10.2 Å². The molecule has 0 spiro atoms. The van der Waals surface area contributed by atoms with Gasteiger partial charge in [0, 0.05) is 21.0 Å². The maximum absolute atomic E-state index is 13.0. The number of nitrogens with zero attached hydrogens (tertiary/aromatic N) is 1. The highest BCUT2D eigenvalue weighted by Crippen LogP contribution is 2.38. The number of hydrogen-bond acceptors (Lipinski definition) is 7. The van der Waals surface area contributed by atoms with Gasteiger partial charge in [-0.05, 0) is 75.4 Å². The van der Waals surface area contributed by atoms with E-state index in [4.69, 9.17) is 21.1 Å². The molecule has 2 aromatic carbocycles. The molecule has 0 saturated carbocycles. The smallest absolute Gasteiger partial charge is 0.341 e. The summed E-state index contributed by atoms with van der Waals surface area (Å²) in [5.74, 6) is -0.781. The summed E-state index contributed by atoms with van der Waals surface area (Å²) >= 11 is 7.51. The number of thiophene rings is 1. The minimum Gasteiger partial charge on any atom is -0.481 e. The monoisotopic (exact) mass is 553 g/mol. The van der Waals surface area contributed by atoms with Crippen LogP contribution in [0.2, 0.25) is 5.02 Å². The average molecular weight is 554 g/mol. The van der Waals surface area contributed by atoms with Gasteiger partial charge < -0.3 is 14.8 Å². The van der Waals surface area contributed by atoms with Crippen LogP contribution in [0.4, 0.5) is 5.00 Å². The van der Waals surface area contributed by atoms with Gasteiger partial charge in [0.25, 0.3) is 11.8 Å². The Hall–Kier alpha value is -3.69. The third-order valence-corrected chi connectivity index (χ3v) is 7.51. The molecule has 1 aliphatic carbocycles. The predicted molar refractivity (Wildman–Crippen MR) is 149 cm³/mol. The number of benzene rings is 2. The van der Waals surface area contributed by atoms with E-state index < -0.39 is 18.0 Å². The maximum Gasteiger partial charge on any atom is 0.341 e. The lowest BCUT2D eigenvalue weighted by Crippen LogP contribution is -2.33. The SMILES string of the molecule is CCOC(=O)c1c(NC(=O)c2ccc(OC(C)C(=O)NN=Cc3ccccc3Cl)cc2)sc2c1CCCC2. The van der Waals surface area contributed by atoms with Crippen LogP contribution in [-0.4, -0.2) is 36.7 Å². The summed E-state index contributed by atoms with van der Waals surface area (Å²) in [5, 5.41) is 7.85. The highest BCUT2D eigenvalue weighted by molar-refractivity contribution is 7.17. The Morgan fingerprint density at radius 1 is 1.11 bits per heavy atom. The Morgan fingerprint density at radius 2 is 1.84 bits per heavy atom.